The average Bonchev–Trinajstić information content (AvgIpc) is 2.35. The van der Waals surface area contributed by atoms with Crippen molar-refractivity contribution < 1.29 is 0 Å². The maximum atomic E-state index is 5.51. The molecule has 60 valence electrons. The van der Waals surface area contributed by atoms with Gasteiger partial charge in [0.05, 0.1) is 0 Å². The molecule has 1 aromatic heterocycles. The first kappa shape index (κ1) is 7.92. The van der Waals surface area contributed by atoms with Gasteiger partial charge < -0.3 is 10.7 Å². The number of allylic oxidation sites excluding steroid dienone is 1. The van der Waals surface area contributed by atoms with Gasteiger partial charge in [0.15, 0.2) is 0 Å². The molecule has 0 spiro atoms. The van der Waals surface area contributed by atoms with E-state index in [9.17, 15) is 0 Å². The van der Waals surface area contributed by atoms with Gasteiger partial charge in [-0.1, -0.05) is 19.1 Å². The van der Waals surface area contributed by atoms with E-state index in [2.05, 4.69) is 18.5 Å². The van der Waals surface area contributed by atoms with Gasteiger partial charge in [-0.3, -0.25) is 0 Å². The summed E-state index contributed by atoms with van der Waals surface area (Å²) in [6, 6.07) is 3.87. The summed E-state index contributed by atoms with van der Waals surface area (Å²) in [4.78, 5) is 3.06. The summed E-state index contributed by atoms with van der Waals surface area (Å²) < 4.78 is 0. The molecule has 0 bridgehead atoms. The number of nitrogen functional groups attached to an aromatic ring is 1. The van der Waals surface area contributed by atoms with Crippen LogP contribution < -0.4 is 5.73 Å². The number of aromatic amines is 1. The average molecular weight is 150 g/mol. The predicted molar refractivity (Wildman–Crippen MR) is 48.3 cm³/mol. The standard InChI is InChI=1S/C9H14N2/c1-3-7(2)6-8-4-5-9(10)11-8/h4-5,11H,2-3,6,10H2,1H3. The van der Waals surface area contributed by atoms with E-state index >= 15 is 0 Å². The number of hydrogen-bond donors (Lipinski definition) is 2. The van der Waals surface area contributed by atoms with Crippen molar-refractivity contribution in [1.29, 1.82) is 0 Å². The summed E-state index contributed by atoms with van der Waals surface area (Å²) in [5, 5.41) is 0. The van der Waals surface area contributed by atoms with E-state index in [1.807, 2.05) is 12.1 Å². The number of nitrogens with two attached hydrogens (primary N) is 1. The van der Waals surface area contributed by atoms with E-state index in [1.165, 1.54) is 5.57 Å². The number of H-pyrrole nitrogens is 1. The Balaban J connectivity index is 2.57. The molecular weight excluding hydrogens is 136 g/mol. The topological polar surface area (TPSA) is 41.8 Å². The molecule has 0 aliphatic carbocycles. The van der Waals surface area contributed by atoms with Crippen molar-refractivity contribution in [2.75, 3.05) is 5.73 Å². The summed E-state index contributed by atoms with van der Waals surface area (Å²) in [5.41, 5.74) is 7.89. The van der Waals surface area contributed by atoms with Crippen molar-refractivity contribution in [2.45, 2.75) is 19.8 Å². The van der Waals surface area contributed by atoms with Gasteiger partial charge in [0.1, 0.15) is 5.82 Å². The largest absolute Gasteiger partial charge is 0.385 e. The number of aromatic nitrogens is 1. The van der Waals surface area contributed by atoms with E-state index in [0.29, 0.717) is 0 Å². The number of hydrogen-bond acceptors (Lipinski definition) is 1. The van der Waals surface area contributed by atoms with Crippen LogP contribution in [0.1, 0.15) is 19.0 Å². The molecule has 1 rings (SSSR count). The fourth-order valence-corrected chi connectivity index (χ4v) is 0.957. The molecule has 0 saturated heterocycles. The Hall–Kier alpha value is -1.18. The summed E-state index contributed by atoms with van der Waals surface area (Å²) in [7, 11) is 0. The van der Waals surface area contributed by atoms with Crippen LogP contribution in [0.3, 0.4) is 0 Å². The smallest absolute Gasteiger partial charge is 0.100 e. The minimum atomic E-state index is 0.726. The van der Waals surface area contributed by atoms with Crippen molar-refractivity contribution in [3.8, 4) is 0 Å². The molecule has 0 aliphatic heterocycles. The SMILES string of the molecule is C=C(CC)Cc1ccc(N)[nH]1. The van der Waals surface area contributed by atoms with Gasteiger partial charge in [-0.25, -0.2) is 0 Å². The molecule has 3 N–H and O–H groups in total. The minimum absolute atomic E-state index is 0.726. The van der Waals surface area contributed by atoms with Crippen LogP contribution in [0.5, 0.6) is 0 Å². The highest BCUT2D eigenvalue weighted by Crippen LogP contribution is 2.09. The molecule has 0 radical (unpaired) electrons. The zero-order valence-corrected chi connectivity index (χ0v) is 6.85. The first-order chi connectivity index (χ1) is 5.22. The van der Waals surface area contributed by atoms with E-state index in [1.54, 1.807) is 0 Å². The van der Waals surface area contributed by atoms with Crippen molar-refractivity contribution in [3.63, 3.8) is 0 Å². The molecular formula is C9H14N2. The Bertz CT molecular complexity index is 248. The highest BCUT2D eigenvalue weighted by Gasteiger charge is 1.96. The molecule has 0 amide bonds. The first-order valence-corrected chi connectivity index (χ1v) is 3.82. The zero-order chi connectivity index (χ0) is 8.27. The lowest BCUT2D eigenvalue weighted by molar-refractivity contribution is 0.985. The highest BCUT2D eigenvalue weighted by molar-refractivity contribution is 5.32. The van der Waals surface area contributed by atoms with Gasteiger partial charge in [-0.15, -0.1) is 0 Å². The quantitative estimate of drug-likeness (QED) is 0.636. The Morgan fingerprint density at radius 1 is 1.64 bits per heavy atom. The van der Waals surface area contributed by atoms with Gasteiger partial charge in [-0.2, -0.15) is 0 Å². The maximum Gasteiger partial charge on any atom is 0.100 e. The summed E-state index contributed by atoms with van der Waals surface area (Å²) in [5.74, 6) is 0.726. The summed E-state index contributed by atoms with van der Waals surface area (Å²) >= 11 is 0. The van der Waals surface area contributed by atoms with Crippen molar-refractivity contribution in [1.82, 2.24) is 4.98 Å². The van der Waals surface area contributed by atoms with E-state index in [-0.39, 0.29) is 0 Å². The van der Waals surface area contributed by atoms with E-state index in [0.717, 1.165) is 24.4 Å². The van der Waals surface area contributed by atoms with Gasteiger partial charge in [0.25, 0.3) is 0 Å². The molecule has 0 fully saturated rings. The fraction of sp³-hybridized carbons (Fsp3) is 0.333. The third-order valence-electron chi connectivity index (χ3n) is 1.71. The fourth-order valence-electron chi connectivity index (χ4n) is 0.957. The van der Waals surface area contributed by atoms with Crippen molar-refractivity contribution >= 4 is 5.82 Å². The van der Waals surface area contributed by atoms with Crippen LogP contribution in [0.2, 0.25) is 0 Å². The molecule has 0 unspecified atom stereocenters. The third kappa shape index (κ3) is 2.15. The predicted octanol–water partition coefficient (Wildman–Crippen LogP) is 2.11. The van der Waals surface area contributed by atoms with Crippen molar-refractivity contribution in [2.24, 2.45) is 0 Å². The van der Waals surface area contributed by atoms with E-state index < -0.39 is 0 Å². The van der Waals surface area contributed by atoms with Gasteiger partial charge in [0, 0.05) is 12.1 Å². The zero-order valence-electron chi connectivity index (χ0n) is 6.85. The van der Waals surface area contributed by atoms with Gasteiger partial charge >= 0.3 is 0 Å². The lowest BCUT2D eigenvalue weighted by Gasteiger charge is -1.98. The molecule has 1 aromatic rings. The lowest BCUT2D eigenvalue weighted by atomic mass is 10.1. The Kier molecular flexibility index (Phi) is 2.36. The Morgan fingerprint density at radius 2 is 2.36 bits per heavy atom. The molecule has 0 aromatic carbocycles. The number of nitrogens with one attached hydrogen (secondary N) is 1. The second-order valence-electron chi connectivity index (χ2n) is 2.72. The Labute approximate surface area is 67.1 Å². The molecule has 2 heteroatoms. The first-order valence-electron chi connectivity index (χ1n) is 3.82. The normalized spacial score (nSPS) is 9.91. The van der Waals surface area contributed by atoms with Gasteiger partial charge in [-0.05, 0) is 18.6 Å². The molecule has 0 atom stereocenters. The van der Waals surface area contributed by atoms with Crippen LogP contribution in [-0.4, -0.2) is 4.98 Å². The van der Waals surface area contributed by atoms with Crippen molar-refractivity contribution in [3.05, 3.63) is 30.0 Å². The van der Waals surface area contributed by atoms with Crippen LogP contribution in [0.15, 0.2) is 24.3 Å². The monoisotopic (exact) mass is 150 g/mol. The van der Waals surface area contributed by atoms with Crippen LogP contribution in [0.4, 0.5) is 5.82 Å². The Morgan fingerprint density at radius 3 is 2.82 bits per heavy atom. The molecule has 0 aliphatic rings. The molecule has 0 saturated carbocycles. The maximum absolute atomic E-state index is 5.51. The minimum Gasteiger partial charge on any atom is -0.385 e. The molecule has 1 heterocycles. The van der Waals surface area contributed by atoms with Crippen LogP contribution >= 0.6 is 0 Å². The second-order valence-corrected chi connectivity index (χ2v) is 2.72. The second kappa shape index (κ2) is 3.28. The summed E-state index contributed by atoms with van der Waals surface area (Å²) in [6.45, 7) is 6.02. The lowest BCUT2D eigenvalue weighted by Crippen LogP contribution is -1.89. The summed E-state index contributed by atoms with van der Waals surface area (Å²) in [6.07, 6.45) is 1.94. The number of anilines is 1. The molecule has 11 heavy (non-hydrogen) atoms. The third-order valence-corrected chi connectivity index (χ3v) is 1.71. The molecule has 2 nitrogen and oxygen atoms in total. The van der Waals surface area contributed by atoms with Crippen LogP contribution in [0.25, 0.3) is 0 Å². The van der Waals surface area contributed by atoms with Crippen LogP contribution in [-0.2, 0) is 6.42 Å². The van der Waals surface area contributed by atoms with Gasteiger partial charge in [0.2, 0.25) is 0 Å². The van der Waals surface area contributed by atoms with E-state index in [4.69, 9.17) is 5.73 Å². The number of rotatable bonds is 3. The van der Waals surface area contributed by atoms with Crippen LogP contribution in [0, 0.1) is 0 Å². The highest BCUT2D eigenvalue weighted by atomic mass is 14.8.